The second-order valence-corrected chi connectivity index (χ2v) is 5.65. The first-order valence-corrected chi connectivity index (χ1v) is 6.51. The quantitative estimate of drug-likeness (QED) is 0.804. The van der Waals surface area contributed by atoms with Gasteiger partial charge in [0.15, 0.2) is 0 Å². The van der Waals surface area contributed by atoms with Gasteiger partial charge in [0, 0.05) is 18.3 Å². The minimum absolute atomic E-state index is 0.0201. The number of fused-ring (bicyclic) bond motifs is 1. The molecule has 1 aliphatic carbocycles. The fraction of sp³-hybridized carbons (Fsp3) is 0.385. The van der Waals surface area contributed by atoms with Crippen molar-refractivity contribution in [3.05, 3.63) is 28.5 Å². The van der Waals surface area contributed by atoms with Crippen LogP contribution in [0.15, 0.2) is 12.3 Å². The van der Waals surface area contributed by atoms with Crippen molar-refractivity contribution in [1.29, 1.82) is 0 Å². The van der Waals surface area contributed by atoms with Crippen molar-refractivity contribution in [3.8, 4) is 0 Å². The third kappa shape index (κ3) is 2.31. The van der Waals surface area contributed by atoms with Crippen LogP contribution in [-0.2, 0) is 6.54 Å². The van der Waals surface area contributed by atoms with Crippen LogP contribution < -0.4 is 5.32 Å². The first-order valence-electron chi connectivity index (χ1n) is 6.13. The number of aromatic carboxylic acids is 1. The normalized spacial score (nSPS) is 16.7. The Bertz CT molecular complexity index is 661. The summed E-state index contributed by atoms with van der Waals surface area (Å²) in [5, 5.41) is 13.0. The van der Waals surface area contributed by atoms with Gasteiger partial charge >= 0.3 is 5.97 Å². The number of carbonyl (C=O) groups is 1. The average molecular weight is 280 g/mol. The van der Waals surface area contributed by atoms with Gasteiger partial charge < -0.3 is 15.4 Å². The summed E-state index contributed by atoms with van der Waals surface area (Å²) in [7, 11) is 0. The summed E-state index contributed by atoms with van der Waals surface area (Å²) >= 11 is 6.02. The van der Waals surface area contributed by atoms with E-state index in [1.165, 1.54) is 0 Å². The van der Waals surface area contributed by atoms with Crippen LogP contribution in [0.3, 0.4) is 0 Å². The molecule has 0 atom stereocenters. The highest BCUT2D eigenvalue weighted by atomic mass is 35.5. The molecule has 2 aromatic rings. The van der Waals surface area contributed by atoms with E-state index in [-0.39, 0.29) is 11.2 Å². The molecule has 0 unspecified atom stereocenters. The third-order valence-electron chi connectivity index (χ3n) is 3.60. The number of aromatic nitrogens is 2. The van der Waals surface area contributed by atoms with E-state index in [0.717, 1.165) is 23.9 Å². The molecule has 0 aliphatic heterocycles. The number of rotatable bonds is 4. The molecule has 19 heavy (non-hydrogen) atoms. The Morgan fingerprint density at radius 2 is 2.37 bits per heavy atom. The van der Waals surface area contributed by atoms with Gasteiger partial charge in [0.1, 0.15) is 11.2 Å². The number of nitrogens with one attached hydrogen (secondary N) is 2. The number of carboxylic acid groups (broad SMARTS) is 1. The molecule has 1 aliphatic rings. The maximum absolute atomic E-state index is 11.1. The molecule has 1 saturated carbocycles. The molecule has 0 aromatic carbocycles. The minimum Gasteiger partial charge on any atom is -0.477 e. The van der Waals surface area contributed by atoms with E-state index >= 15 is 0 Å². The SMILES string of the molecule is CC1(NCc2cc(C(=O)O)nc3c(Cl)c[nH]c23)CC1. The van der Waals surface area contributed by atoms with Crippen LogP contribution >= 0.6 is 11.6 Å². The number of aromatic amines is 1. The first-order chi connectivity index (χ1) is 8.98. The predicted octanol–water partition coefficient (Wildman–Crippen LogP) is 2.56. The lowest BCUT2D eigenvalue weighted by Gasteiger charge is -2.12. The molecular weight excluding hydrogens is 266 g/mol. The summed E-state index contributed by atoms with van der Waals surface area (Å²) in [4.78, 5) is 18.2. The van der Waals surface area contributed by atoms with E-state index in [4.69, 9.17) is 16.7 Å². The smallest absolute Gasteiger partial charge is 0.354 e. The van der Waals surface area contributed by atoms with Gasteiger partial charge in [-0.15, -0.1) is 0 Å². The van der Waals surface area contributed by atoms with Crippen LogP contribution in [0.25, 0.3) is 11.0 Å². The number of nitrogens with zero attached hydrogens (tertiary/aromatic N) is 1. The standard InChI is InChI=1S/C13H14ClN3O2/c1-13(2-3-13)16-5-7-4-9(12(18)19)17-11-8(14)6-15-10(7)11/h4,6,15-16H,2-3,5H2,1H3,(H,18,19). The molecule has 100 valence electrons. The highest BCUT2D eigenvalue weighted by Crippen LogP contribution is 2.35. The van der Waals surface area contributed by atoms with Crippen LogP contribution in [0.2, 0.25) is 5.02 Å². The Hall–Kier alpha value is -1.59. The summed E-state index contributed by atoms with van der Waals surface area (Å²) in [6.07, 6.45) is 3.93. The fourth-order valence-corrected chi connectivity index (χ4v) is 2.25. The maximum atomic E-state index is 11.1. The lowest BCUT2D eigenvalue weighted by Crippen LogP contribution is -2.27. The zero-order valence-electron chi connectivity index (χ0n) is 10.5. The third-order valence-corrected chi connectivity index (χ3v) is 3.88. The molecule has 0 bridgehead atoms. The first kappa shape index (κ1) is 12.4. The van der Waals surface area contributed by atoms with Gasteiger partial charge in [-0.25, -0.2) is 9.78 Å². The number of hydrogen-bond acceptors (Lipinski definition) is 3. The van der Waals surface area contributed by atoms with Crippen LogP contribution in [0, 0.1) is 0 Å². The molecule has 3 rings (SSSR count). The molecule has 1 fully saturated rings. The monoisotopic (exact) mass is 279 g/mol. The van der Waals surface area contributed by atoms with Crippen molar-refractivity contribution in [2.75, 3.05) is 0 Å². The Morgan fingerprint density at radius 1 is 1.63 bits per heavy atom. The molecular formula is C13H14ClN3O2. The van der Waals surface area contributed by atoms with Crippen molar-refractivity contribution in [3.63, 3.8) is 0 Å². The fourth-order valence-electron chi connectivity index (χ4n) is 2.06. The highest BCUT2D eigenvalue weighted by molar-refractivity contribution is 6.35. The number of carboxylic acids is 1. The zero-order valence-corrected chi connectivity index (χ0v) is 11.2. The van der Waals surface area contributed by atoms with E-state index in [1.54, 1.807) is 12.3 Å². The number of pyridine rings is 1. The van der Waals surface area contributed by atoms with Crippen molar-refractivity contribution < 1.29 is 9.90 Å². The summed E-state index contributed by atoms with van der Waals surface area (Å²) in [5.41, 5.74) is 2.40. The van der Waals surface area contributed by atoms with Gasteiger partial charge in [-0.3, -0.25) is 0 Å². The van der Waals surface area contributed by atoms with Gasteiger partial charge in [-0.05, 0) is 31.4 Å². The second-order valence-electron chi connectivity index (χ2n) is 5.25. The van der Waals surface area contributed by atoms with Crippen molar-refractivity contribution >= 4 is 28.6 Å². The molecule has 0 amide bonds. The Labute approximate surface area is 115 Å². The number of halogens is 1. The van der Waals surface area contributed by atoms with Crippen LogP contribution in [-0.4, -0.2) is 26.6 Å². The summed E-state index contributed by atoms with van der Waals surface area (Å²) in [6, 6.07) is 1.59. The van der Waals surface area contributed by atoms with Gasteiger partial charge in [-0.1, -0.05) is 11.6 Å². The van der Waals surface area contributed by atoms with E-state index in [1.807, 2.05) is 0 Å². The van der Waals surface area contributed by atoms with E-state index in [9.17, 15) is 4.79 Å². The van der Waals surface area contributed by atoms with Crippen molar-refractivity contribution in [2.24, 2.45) is 0 Å². The van der Waals surface area contributed by atoms with E-state index in [2.05, 4.69) is 22.2 Å². The van der Waals surface area contributed by atoms with Crippen LogP contribution in [0.1, 0.15) is 35.8 Å². The minimum atomic E-state index is -1.04. The zero-order chi connectivity index (χ0) is 13.6. The number of H-pyrrole nitrogens is 1. The molecule has 2 heterocycles. The maximum Gasteiger partial charge on any atom is 0.354 e. The Kier molecular flexibility index (Phi) is 2.76. The summed E-state index contributed by atoms with van der Waals surface area (Å²) in [5.74, 6) is -1.04. The lowest BCUT2D eigenvalue weighted by molar-refractivity contribution is 0.0691. The van der Waals surface area contributed by atoms with Crippen LogP contribution in [0.4, 0.5) is 0 Å². The second kappa shape index (κ2) is 4.21. The summed E-state index contributed by atoms with van der Waals surface area (Å²) in [6.45, 7) is 2.76. The van der Waals surface area contributed by atoms with Gasteiger partial charge in [0.2, 0.25) is 0 Å². The average Bonchev–Trinajstić information content (AvgIpc) is 3.00. The molecule has 0 radical (unpaired) electrons. The molecule has 5 nitrogen and oxygen atoms in total. The number of hydrogen-bond donors (Lipinski definition) is 3. The van der Waals surface area contributed by atoms with Gasteiger partial charge in [0.25, 0.3) is 0 Å². The van der Waals surface area contributed by atoms with Crippen molar-refractivity contribution in [2.45, 2.75) is 31.8 Å². The van der Waals surface area contributed by atoms with E-state index in [0.29, 0.717) is 17.1 Å². The largest absolute Gasteiger partial charge is 0.477 e. The molecule has 6 heteroatoms. The highest BCUT2D eigenvalue weighted by Gasteiger charge is 2.36. The molecule has 0 spiro atoms. The molecule has 3 N–H and O–H groups in total. The predicted molar refractivity (Wildman–Crippen MR) is 72.5 cm³/mol. The topological polar surface area (TPSA) is 78.0 Å². The Balaban J connectivity index is 2.02. The summed E-state index contributed by atoms with van der Waals surface area (Å²) < 4.78 is 0. The lowest BCUT2D eigenvalue weighted by atomic mass is 10.1. The van der Waals surface area contributed by atoms with Crippen LogP contribution in [0.5, 0.6) is 0 Å². The van der Waals surface area contributed by atoms with Gasteiger partial charge in [-0.2, -0.15) is 0 Å². The van der Waals surface area contributed by atoms with Crippen molar-refractivity contribution in [1.82, 2.24) is 15.3 Å². The Morgan fingerprint density at radius 3 is 3.00 bits per heavy atom. The van der Waals surface area contributed by atoms with Gasteiger partial charge in [0.05, 0.1) is 10.5 Å². The molecule has 0 saturated heterocycles. The van der Waals surface area contributed by atoms with E-state index < -0.39 is 5.97 Å². The molecule has 2 aromatic heterocycles.